The molecule has 0 radical (unpaired) electrons. The summed E-state index contributed by atoms with van der Waals surface area (Å²) in [6.45, 7) is 0. The Bertz CT molecular complexity index is 572. The van der Waals surface area contributed by atoms with Crippen LogP contribution in [0.1, 0.15) is 5.69 Å². The number of alkyl halides is 3. The highest BCUT2D eigenvalue weighted by Gasteiger charge is 2.31. The van der Waals surface area contributed by atoms with Crippen LogP contribution in [0.3, 0.4) is 0 Å². The van der Waals surface area contributed by atoms with Crippen LogP contribution in [-0.2, 0) is 6.18 Å². The number of benzene rings is 1. The van der Waals surface area contributed by atoms with Crippen molar-refractivity contribution in [3.63, 3.8) is 0 Å². The Kier molecular flexibility index (Phi) is 2.75. The number of hydrogen-bond donors (Lipinski definition) is 1. The van der Waals surface area contributed by atoms with Crippen LogP contribution in [0.15, 0.2) is 47.3 Å². The molecule has 2 nitrogen and oxygen atoms in total. The molecule has 17 heavy (non-hydrogen) atoms. The van der Waals surface area contributed by atoms with E-state index in [1.165, 1.54) is 6.07 Å². The molecule has 0 fully saturated rings. The van der Waals surface area contributed by atoms with Crippen molar-refractivity contribution in [1.82, 2.24) is 4.98 Å². The van der Waals surface area contributed by atoms with Crippen molar-refractivity contribution in [1.29, 1.82) is 0 Å². The van der Waals surface area contributed by atoms with Gasteiger partial charge in [0.25, 0.3) is 5.56 Å². The fourth-order valence-electron chi connectivity index (χ4n) is 1.48. The Hall–Kier alpha value is -2.04. The van der Waals surface area contributed by atoms with Crippen LogP contribution in [0, 0.1) is 0 Å². The lowest BCUT2D eigenvalue weighted by Crippen LogP contribution is -2.17. The third kappa shape index (κ3) is 2.38. The molecule has 2 rings (SSSR count). The molecule has 0 saturated heterocycles. The molecule has 2 aromatic rings. The zero-order chi connectivity index (χ0) is 12.5. The van der Waals surface area contributed by atoms with Crippen LogP contribution in [0.4, 0.5) is 13.2 Å². The van der Waals surface area contributed by atoms with Gasteiger partial charge in [-0.2, -0.15) is 13.2 Å². The summed E-state index contributed by atoms with van der Waals surface area (Å²) in [5, 5.41) is 0. The predicted molar refractivity (Wildman–Crippen MR) is 57.5 cm³/mol. The van der Waals surface area contributed by atoms with Gasteiger partial charge in [-0.1, -0.05) is 30.3 Å². The van der Waals surface area contributed by atoms with Crippen LogP contribution >= 0.6 is 0 Å². The fraction of sp³-hybridized carbons (Fsp3) is 0.0833. The third-order valence-electron chi connectivity index (χ3n) is 2.30. The lowest BCUT2D eigenvalue weighted by molar-refractivity contribution is -0.141. The molecule has 1 aromatic heterocycles. The van der Waals surface area contributed by atoms with E-state index in [1.54, 1.807) is 30.3 Å². The summed E-state index contributed by atoms with van der Waals surface area (Å²) in [6, 6.07) is 10.6. The molecule has 0 spiro atoms. The van der Waals surface area contributed by atoms with Gasteiger partial charge in [-0.25, -0.2) is 0 Å². The molecular weight excluding hydrogens is 231 g/mol. The second kappa shape index (κ2) is 4.08. The molecule has 0 atom stereocenters. The zero-order valence-electron chi connectivity index (χ0n) is 8.58. The summed E-state index contributed by atoms with van der Waals surface area (Å²) in [6.07, 6.45) is -4.53. The second-order valence-corrected chi connectivity index (χ2v) is 3.48. The largest absolute Gasteiger partial charge is 0.431 e. The van der Waals surface area contributed by atoms with E-state index in [1.807, 2.05) is 4.98 Å². The van der Waals surface area contributed by atoms with Crippen molar-refractivity contribution >= 4 is 0 Å². The van der Waals surface area contributed by atoms with Crippen LogP contribution in [0.25, 0.3) is 11.1 Å². The monoisotopic (exact) mass is 239 g/mol. The number of H-pyrrole nitrogens is 1. The van der Waals surface area contributed by atoms with Crippen molar-refractivity contribution in [2.24, 2.45) is 0 Å². The van der Waals surface area contributed by atoms with E-state index < -0.39 is 17.4 Å². The van der Waals surface area contributed by atoms with E-state index in [4.69, 9.17) is 0 Å². The van der Waals surface area contributed by atoms with Crippen molar-refractivity contribution in [2.75, 3.05) is 0 Å². The summed E-state index contributed by atoms with van der Waals surface area (Å²) in [4.78, 5) is 13.4. The van der Waals surface area contributed by atoms with Crippen LogP contribution in [0.2, 0.25) is 0 Å². The third-order valence-corrected chi connectivity index (χ3v) is 2.30. The number of halogens is 3. The van der Waals surface area contributed by atoms with Crippen molar-refractivity contribution in [2.45, 2.75) is 6.18 Å². The average Bonchev–Trinajstić information content (AvgIpc) is 2.29. The molecule has 0 aliphatic carbocycles. The SMILES string of the molecule is O=c1[nH]c(C(F)(F)F)ccc1-c1ccccc1. The minimum atomic E-state index is -4.53. The summed E-state index contributed by atoms with van der Waals surface area (Å²) in [5.74, 6) is 0. The standard InChI is InChI=1S/C12H8F3NO/c13-12(14,15)10-7-6-9(11(17)16-10)8-4-2-1-3-5-8/h1-7H,(H,16,17). The van der Waals surface area contributed by atoms with Crippen molar-refractivity contribution < 1.29 is 13.2 Å². The average molecular weight is 239 g/mol. The van der Waals surface area contributed by atoms with E-state index in [-0.39, 0.29) is 5.56 Å². The van der Waals surface area contributed by atoms with Crippen LogP contribution in [0.5, 0.6) is 0 Å². The molecule has 1 N–H and O–H groups in total. The van der Waals surface area contributed by atoms with Gasteiger partial charge in [-0.15, -0.1) is 0 Å². The first-order valence-electron chi connectivity index (χ1n) is 4.84. The molecule has 0 aliphatic heterocycles. The van der Waals surface area contributed by atoms with Gasteiger partial charge in [-0.3, -0.25) is 4.79 Å². The predicted octanol–water partition coefficient (Wildman–Crippen LogP) is 3.06. The molecule has 0 amide bonds. The van der Waals surface area contributed by atoms with E-state index in [0.717, 1.165) is 6.07 Å². The zero-order valence-corrected chi connectivity index (χ0v) is 8.58. The summed E-state index contributed by atoms with van der Waals surface area (Å²) < 4.78 is 37.0. The maximum absolute atomic E-state index is 12.3. The Morgan fingerprint density at radius 3 is 2.12 bits per heavy atom. The lowest BCUT2D eigenvalue weighted by Gasteiger charge is -2.07. The molecule has 0 bridgehead atoms. The van der Waals surface area contributed by atoms with Gasteiger partial charge in [-0.05, 0) is 17.7 Å². The fourth-order valence-corrected chi connectivity index (χ4v) is 1.48. The lowest BCUT2D eigenvalue weighted by atomic mass is 10.1. The molecule has 0 aliphatic rings. The van der Waals surface area contributed by atoms with Gasteiger partial charge < -0.3 is 4.98 Å². The van der Waals surface area contributed by atoms with Crippen LogP contribution in [-0.4, -0.2) is 4.98 Å². The highest BCUT2D eigenvalue weighted by Crippen LogP contribution is 2.27. The van der Waals surface area contributed by atoms with Crippen LogP contribution < -0.4 is 5.56 Å². The maximum atomic E-state index is 12.3. The second-order valence-electron chi connectivity index (χ2n) is 3.48. The molecule has 1 aromatic carbocycles. The Morgan fingerprint density at radius 1 is 0.941 bits per heavy atom. The molecule has 0 unspecified atom stereocenters. The van der Waals surface area contributed by atoms with Crippen molar-refractivity contribution in [3.05, 3.63) is 58.5 Å². The summed E-state index contributed by atoms with van der Waals surface area (Å²) >= 11 is 0. The van der Waals surface area contributed by atoms with Gasteiger partial charge in [0.05, 0.1) is 0 Å². The highest BCUT2D eigenvalue weighted by molar-refractivity contribution is 5.62. The minimum Gasteiger partial charge on any atom is -0.318 e. The normalized spacial score (nSPS) is 11.5. The smallest absolute Gasteiger partial charge is 0.318 e. The van der Waals surface area contributed by atoms with E-state index >= 15 is 0 Å². The number of rotatable bonds is 1. The number of aromatic amines is 1. The maximum Gasteiger partial charge on any atom is 0.431 e. The molecule has 1 heterocycles. The number of aromatic nitrogens is 1. The van der Waals surface area contributed by atoms with Gasteiger partial charge in [0.1, 0.15) is 5.69 Å². The van der Waals surface area contributed by atoms with E-state index in [9.17, 15) is 18.0 Å². The first kappa shape index (κ1) is 11.4. The summed E-state index contributed by atoms with van der Waals surface area (Å²) in [7, 11) is 0. The molecular formula is C12H8F3NO. The highest BCUT2D eigenvalue weighted by atomic mass is 19.4. The van der Waals surface area contributed by atoms with Gasteiger partial charge in [0.2, 0.25) is 0 Å². The quantitative estimate of drug-likeness (QED) is 0.815. The van der Waals surface area contributed by atoms with E-state index in [0.29, 0.717) is 5.56 Å². The first-order chi connectivity index (χ1) is 7.98. The molecule has 5 heteroatoms. The minimum absolute atomic E-state index is 0.221. The van der Waals surface area contributed by atoms with E-state index in [2.05, 4.69) is 0 Å². The molecule has 88 valence electrons. The van der Waals surface area contributed by atoms with Crippen molar-refractivity contribution in [3.8, 4) is 11.1 Å². The van der Waals surface area contributed by atoms with Gasteiger partial charge >= 0.3 is 6.18 Å². The number of pyridine rings is 1. The topological polar surface area (TPSA) is 32.9 Å². The Balaban J connectivity index is 2.51. The Labute approximate surface area is 94.7 Å². The molecule has 0 saturated carbocycles. The number of nitrogens with one attached hydrogen (secondary N) is 1. The first-order valence-corrected chi connectivity index (χ1v) is 4.84. The number of hydrogen-bond acceptors (Lipinski definition) is 1. The Morgan fingerprint density at radius 2 is 1.59 bits per heavy atom. The van der Waals surface area contributed by atoms with Gasteiger partial charge in [0.15, 0.2) is 0 Å². The summed E-state index contributed by atoms with van der Waals surface area (Å²) in [5.41, 5.74) is -0.978. The van der Waals surface area contributed by atoms with Gasteiger partial charge in [0, 0.05) is 5.56 Å².